The Bertz CT molecular complexity index is 1340. The van der Waals surface area contributed by atoms with Crippen molar-refractivity contribution < 1.29 is 4.79 Å². The lowest BCUT2D eigenvalue weighted by Gasteiger charge is -2.35. The lowest BCUT2D eigenvalue weighted by Crippen LogP contribution is -2.49. The van der Waals surface area contributed by atoms with Gasteiger partial charge in [0.05, 0.1) is 17.2 Å². The fraction of sp³-hybridized carbons (Fsp3) is 0.304. The van der Waals surface area contributed by atoms with Crippen LogP contribution in [0.5, 0.6) is 0 Å². The summed E-state index contributed by atoms with van der Waals surface area (Å²) >= 11 is 0. The SMILES string of the molecule is Cc1nccn1-c1ccc(N2CCN(C(=O)CCn3cnc4ccccc4c3=O)CC2)nn1. The maximum atomic E-state index is 12.7. The molecule has 3 aromatic heterocycles. The number of rotatable bonds is 5. The number of fused-ring (bicyclic) bond motifs is 1. The van der Waals surface area contributed by atoms with Gasteiger partial charge in [0, 0.05) is 51.5 Å². The third-order valence-electron chi connectivity index (χ3n) is 5.96. The highest BCUT2D eigenvalue weighted by Crippen LogP contribution is 2.15. The van der Waals surface area contributed by atoms with Crippen LogP contribution < -0.4 is 10.5 Å². The molecule has 1 fully saturated rings. The fourth-order valence-electron chi connectivity index (χ4n) is 4.06. The van der Waals surface area contributed by atoms with E-state index in [4.69, 9.17) is 0 Å². The number of hydrogen-bond acceptors (Lipinski definition) is 7. The summed E-state index contributed by atoms with van der Waals surface area (Å²) in [7, 11) is 0. The summed E-state index contributed by atoms with van der Waals surface area (Å²) in [6, 6.07) is 11.1. The monoisotopic (exact) mass is 444 g/mol. The van der Waals surface area contributed by atoms with E-state index in [-0.39, 0.29) is 17.9 Å². The Labute approximate surface area is 190 Å². The Kier molecular flexibility index (Phi) is 5.55. The Morgan fingerprint density at radius 1 is 0.970 bits per heavy atom. The summed E-state index contributed by atoms with van der Waals surface area (Å²) in [5, 5.41) is 9.24. The van der Waals surface area contributed by atoms with Gasteiger partial charge >= 0.3 is 0 Å². The van der Waals surface area contributed by atoms with E-state index in [0.29, 0.717) is 43.6 Å². The molecule has 1 amide bonds. The molecule has 4 heterocycles. The molecule has 0 N–H and O–H groups in total. The fourth-order valence-corrected chi connectivity index (χ4v) is 4.06. The first-order valence-electron chi connectivity index (χ1n) is 10.9. The second-order valence-electron chi connectivity index (χ2n) is 7.97. The summed E-state index contributed by atoms with van der Waals surface area (Å²) < 4.78 is 3.39. The molecule has 10 heteroatoms. The van der Waals surface area contributed by atoms with Crippen molar-refractivity contribution in [3.05, 3.63) is 71.3 Å². The molecule has 1 saturated heterocycles. The number of hydrogen-bond donors (Lipinski definition) is 0. The van der Waals surface area contributed by atoms with Gasteiger partial charge in [-0.15, -0.1) is 10.2 Å². The molecule has 0 aliphatic carbocycles. The number of nitrogens with zero attached hydrogens (tertiary/aromatic N) is 8. The summed E-state index contributed by atoms with van der Waals surface area (Å²) in [6.07, 6.45) is 5.36. The third kappa shape index (κ3) is 4.19. The zero-order chi connectivity index (χ0) is 22.8. The van der Waals surface area contributed by atoms with E-state index in [1.54, 1.807) is 12.3 Å². The van der Waals surface area contributed by atoms with E-state index in [9.17, 15) is 9.59 Å². The minimum atomic E-state index is -0.119. The van der Waals surface area contributed by atoms with Crippen LogP contribution in [0.3, 0.4) is 0 Å². The number of carbonyl (C=O) groups is 1. The molecule has 168 valence electrons. The summed E-state index contributed by atoms with van der Waals surface area (Å²) in [5.41, 5.74) is 0.545. The number of amides is 1. The van der Waals surface area contributed by atoms with Crippen molar-refractivity contribution in [1.82, 2.24) is 34.2 Å². The van der Waals surface area contributed by atoms with Crippen LogP contribution in [0.4, 0.5) is 5.82 Å². The highest BCUT2D eigenvalue weighted by Gasteiger charge is 2.22. The zero-order valence-corrected chi connectivity index (χ0v) is 18.3. The Morgan fingerprint density at radius 3 is 2.45 bits per heavy atom. The maximum Gasteiger partial charge on any atom is 0.261 e. The van der Waals surface area contributed by atoms with Crippen molar-refractivity contribution >= 4 is 22.6 Å². The van der Waals surface area contributed by atoms with Gasteiger partial charge in [0.1, 0.15) is 5.82 Å². The largest absolute Gasteiger partial charge is 0.352 e. The molecular formula is C23H24N8O2. The van der Waals surface area contributed by atoms with Gasteiger partial charge in [-0.2, -0.15) is 0 Å². The van der Waals surface area contributed by atoms with Crippen molar-refractivity contribution in [2.45, 2.75) is 19.9 Å². The molecule has 0 unspecified atom stereocenters. The molecule has 0 saturated carbocycles. The third-order valence-corrected chi connectivity index (χ3v) is 5.96. The summed E-state index contributed by atoms with van der Waals surface area (Å²) in [6.45, 7) is 4.80. The maximum absolute atomic E-state index is 12.7. The number of para-hydroxylation sites is 1. The number of anilines is 1. The molecule has 0 radical (unpaired) electrons. The molecule has 4 aromatic rings. The van der Waals surface area contributed by atoms with Crippen LogP contribution in [0.25, 0.3) is 16.7 Å². The van der Waals surface area contributed by atoms with E-state index < -0.39 is 0 Å². The number of aryl methyl sites for hydroxylation is 2. The Morgan fingerprint density at radius 2 is 1.73 bits per heavy atom. The molecule has 0 spiro atoms. The Balaban J connectivity index is 1.17. The number of piperazine rings is 1. The highest BCUT2D eigenvalue weighted by atomic mass is 16.2. The zero-order valence-electron chi connectivity index (χ0n) is 18.3. The molecule has 0 atom stereocenters. The first-order chi connectivity index (χ1) is 16.1. The number of carbonyl (C=O) groups excluding carboxylic acids is 1. The van der Waals surface area contributed by atoms with E-state index in [1.807, 2.05) is 52.9 Å². The standard InChI is InChI=1S/C23H24N8O2/c1-17-24-9-11-31(17)21-7-6-20(26-27-21)28-12-14-29(15-13-28)22(32)8-10-30-16-25-19-5-3-2-4-18(19)23(30)33/h2-7,9,11,16H,8,10,12-15H2,1H3. The van der Waals surface area contributed by atoms with Crippen LogP contribution in [0, 0.1) is 6.92 Å². The van der Waals surface area contributed by atoms with Gasteiger partial charge in [0.25, 0.3) is 5.56 Å². The lowest BCUT2D eigenvalue weighted by atomic mass is 10.2. The predicted molar refractivity (Wildman–Crippen MR) is 123 cm³/mol. The van der Waals surface area contributed by atoms with Gasteiger partial charge in [-0.05, 0) is 31.2 Å². The van der Waals surface area contributed by atoms with Crippen LogP contribution in [0.15, 0.2) is 59.9 Å². The molecule has 1 aliphatic rings. The van der Waals surface area contributed by atoms with Gasteiger partial charge in [0.2, 0.25) is 5.91 Å². The number of aromatic nitrogens is 6. The van der Waals surface area contributed by atoms with Gasteiger partial charge < -0.3 is 9.80 Å². The van der Waals surface area contributed by atoms with E-state index in [2.05, 4.69) is 25.1 Å². The number of imidazole rings is 1. The molecule has 0 bridgehead atoms. The molecule has 33 heavy (non-hydrogen) atoms. The highest BCUT2D eigenvalue weighted by molar-refractivity contribution is 5.77. The van der Waals surface area contributed by atoms with Crippen molar-refractivity contribution in [3.63, 3.8) is 0 Å². The quantitative estimate of drug-likeness (QED) is 0.459. The average Bonchev–Trinajstić information content (AvgIpc) is 3.29. The minimum Gasteiger partial charge on any atom is -0.352 e. The van der Waals surface area contributed by atoms with Gasteiger partial charge in [-0.1, -0.05) is 12.1 Å². The molecular weight excluding hydrogens is 420 g/mol. The van der Waals surface area contributed by atoms with E-state index in [0.717, 1.165) is 17.5 Å². The van der Waals surface area contributed by atoms with Crippen molar-refractivity contribution in [2.24, 2.45) is 0 Å². The van der Waals surface area contributed by atoms with E-state index >= 15 is 0 Å². The van der Waals surface area contributed by atoms with Crippen molar-refractivity contribution in [3.8, 4) is 5.82 Å². The first kappa shape index (κ1) is 20.8. The van der Waals surface area contributed by atoms with Crippen LogP contribution in [0.1, 0.15) is 12.2 Å². The molecule has 1 aliphatic heterocycles. The lowest BCUT2D eigenvalue weighted by molar-refractivity contribution is -0.131. The predicted octanol–water partition coefficient (Wildman–Crippen LogP) is 1.42. The van der Waals surface area contributed by atoms with Crippen molar-refractivity contribution in [1.29, 1.82) is 0 Å². The first-order valence-corrected chi connectivity index (χ1v) is 10.9. The van der Waals surface area contributed by atoms with Gasteiger partial charge in [0.15, 0.2) is 11.6 Å². The minimum absolute atomic E-state index is 0.0340. The van der Waals surface area contributed by atoms with Gasteiger partial charge in [-0.3, -0.25) is 18.7 Å². The summed E-state index contributed by atoms with van der Waals surface area (Å²) in [5.74, 6) is 2.40. The van der Waals surface area contributed by atoms with E-state index in [1.165, 1.54) is 10.9 Å². The van der Waals surface area contributed by atoms with Gasteiger partial charge in [-0.25, -0.2) is 9.97 Å². The second kappa shape index (κ2) is 8.81. The molecule has 1 aromatic carbocycles. The van der Waals surface area contributed by atoms with Crippen molar-refractivity contribution in [2.75, 3.05) is 31.1 Å². The topological polar surface area (TPSA) is 102 Å². The summed E-state index contributed by atoms with van der Waals surface area (Å²) in [4.78, 5) is 37.8. The average molecular weight is 444 g/mol. The van der Waals surface area contributed by atoms with Crippen LogP contribution in [-0.2, 0) is 11.3 Å². The number of benzene rings is 1. The smallest absolute Gasteiger partial charge is 0.261 e. The van der Waals surface area contributed by atoms with Crippen LogP contribution >= 0.6 is 0 Å². The molecule has 5 rings (SSSR count). The normalized spacial score (nSPS) is 14.1. The van der Waals surface area contributed by atoms with Crippen LogP contribution in [0.2, 0.25) is 0 Å². The second-order valence-corrected chi connectivity index (χ2v) is 7.97. The van der Waals surface area contributed by atoms with Crippen LogP contribution in [-0.4, -0.2) is 66.3 Å². The Hall–Kier alpha value is -4.08. The molecule has 10 nitrogen and oxygen atoms in total.